The molecule has 0 aliphatic carbocycles. The summed E-state index contributed by atoms with van der Waals surface area (Å²) in [7, 11) is 0. The fourth-order valence-electron chi connectivity index (χ4n) is 3.26. The van der Waals surface area contributed by atoms with Gasteiger partial charge in [0.25, 0.3) is 0 Å². The van der Waals surface area contributed by atoms with E-state index < -0.39 is 11.9 Å². The first-order valence-corrected chi connectivity index (χ1v) is 9.49. The average molecular weight is 348 g/mol. The first-order chi connectivity index (χ1) is 11.9. The van der Waals surface area contributed by atoms with Crippen LogP contribution in [0, 0.1) is 5.92 Å². The molecule has 0 unspecified atom stereocenters. The fraction of sp³-hybridized carbons (Fsp3) is 0.619. The number of aryl methyl sites for hydroxylation is 1. The topological polar surface area (TPSA) is 74.6 Å². The first-order valence-electron chi connectivity index (χ1n) is 9.49. The van der Waals surface area contributed by atoms with E-state index in [1.165, 1.54) is 38.2 Å². The molecule has 25 heavy (non-hydrogen) atoms. The molecule has 0 amide bonds. The number of carbonyl (C=O) groups is 2. The monoisotopic (exact) mass is 348 g/mol. The van der Waals surface area contributed by atoms with E-state index in [1.807, 2.05) is 19.9 Å². The van der Waals surface area contributed by atoms with E-state index in [0.29, 0.717) is 12.0 Å². The summed E-state index contributed by atoms with van der Waals surface area (Å²) in [5, 5.41) is 18.9. The lowest BCUT2D eigenvalue weighted by Gasteiger charge is -2.17. The maximum atomic E-state index is 11.7. The molecule has 1 aromatic rings. The van der Waals surface area contributed by atoms with Crippen LogP contribution in [-0.4, -0.2) is 22.2 Å². The number of carboxylic acid groups (broad SMARTS) is 2. The van der Waals surface area contributed by atoms with E-state index in [2.05, 4.69) is 6.92 Å². The molecule has 0 atom stereocenters. The van der Waals surface area contributed by atoms with Crippen molar-refractivity contribution in [3.8, 4) is 0 Å². The third-order valence-electron chi connectivity index (χ3n) is 4.52. The quantitative estimate of drug-likeness (QED) is 0.484. The Labute approximate surface area is 151 Å². The van der Waals surface area contributed by atoms with Crippen LogP contribution in [0.2, 0.25) is 0 Å². The molecule has 0 aliphatic heterocycles. The Hall–Kier alpha value is -1.84. The number of carboxylic acids is 2. The van der Waals surface area contributed by atoms with Crippen LogP contribution in [0.3, 0.4) is 0 Å². The molecule has 4 nitrogen and oxygen atoms in total. The number of hydrogen-bond donors (Lipinski definition) is 2. The van der Waals surface area contributed by atoms with Crippen molar-refractivity contribution in [2.24, 2.45) is 5.92 Å². The minimum absolute atomic E-state index is 0.0263. The second-order valence-electron chi connectivity index (χ2n) is 7.21. The van der Waals surface area contributed by atoms with Crippen molar-refractivity contribution in [3.05, 3.63) is 34.4 Å². The van der Waals surface area contributed by atoms with Crippen molar-refractivity contribution in [2.45, 2.75) is 78.6 Å². The van der Waals surface area contributed by atoms with Gasteiger partial charge in [-0.15, -0.1) is 0 Å². The van der Waals surface area contributed by atoms with E-state index >= 15 is 0 Å². The molecule has 0 heterocycles. The molecule has 0 saturated carbocycles. The summed E-state index contributed by atoms with van der Waals surface area (Å²) >= 11 is 0. The van der Waals surface area contributed by atoms with Crippen LogP contribution in [0.15, 0.2) is 12.1 Å². The molecule has 0 aromatic heterocycles. The van der Waals surface area contributed by atoms with Crippen LogP contribution in [-0.2, 0) is 12.8 Å². The van der Waals surface area contributed by atoms with Gasteiger partial charge in [-0.05, 0) is 42.4 Å². The van der Waals surface area contributed by atoms with Crippen LogP contribution >= 0.6 is 0 Å². The van der Waals surface area contributed by atoms with Gasteiger partial charge in [0.15, 0.2) is 0 Å². The maximum absolute atomic E-state index is 11.7. The minimum Gasteiger partial charge on any atom is -0.478 e. The van der Waals surface area contributed by atoms with E-state index in [9.17, 15) is 19.8 Å². The molecular weight excluding hydrogens is 316 g/mol. The molecule has 4 heteroatoms. The Kier molecular flexibility index (Phi) is 9.25. The van der Waals surface area contributed by atoms with Gasteiger partial charge in [0.1, 0.15) is 0 Å². The van der Waals surface area contributed by atoms with Crippen molar-refractivity contribution in [2.75, 3.05) is 0 Å². The molecule has 0 radical (unpaired) electrons. The Bertz CT molecular complexity index is 576. The molecule has 0 spiro atoms. The number of aromatic carboxylic acids is 2. The van der Waals surface area contributed by atoms with E-state index in [1.54, 1.807) is 0 Å². The molecule has 1 aromatic carbocycles. The molecular formula is C21H32O4. The molecule has 0 bridgehead atoms. The Balaban J connectivity index is 2.89. The van der Waals surface area contributed by atoms with Gasteiger partial charge in [-0.25, -0.2) is 9.59 Å². The van der Waals surface area contributed by atoms with Crippen molar-refractivity contribution >= 4 is 11.9 Å². The molecule has 1 rings (SSSR count). The summed E-state index contributed by atoms with van der Waals surface area (Å²) in [6.07, 6.45) is 9.83. The highest BCUT2D eigenvalue weighted by atomic mass is 16.4. The molecule has 0 aliphatic rings. The largest absolute Gasteiger partial charge is 0.478 e. The highest BCUT2D eigenvalue weighted by molar-refractivity contribution is 6.03. The van der Waals surface area contributed by atoms with Crippen molar-refractivity contribution < 1.29 is 19.8 Å². The number of benzene rings is 1. The number of unbranched alkanes of at least 4 members (excludes halogenated alkanes) is 6. The standard InChI is InChI=1S/C21H32O4/c1-4-5-6-7-8-9-10-11-16-12-13-17(20(22)23)19(21(24)25)18(16)14-15(2)3/h12-13,15H,4-11,14H2,1-3H3,(H,22,23)(H,24,25). The van der Waals surface area contributed by atoms with Crippen LogP contribution in [0.5, 0.6) is 0 Å². The van der Waals surface area contributed by atoms with Gasteiger partial charge in [-0.2, -0.15) is 0 Å². The third kappa shape index (κ3) is 6.89. The van der Waals surface area contributed by atoms with Gasteiger partial charge in [0.05, 0.1) is 11.1 Å². The highest BCUT2D eigenvalue weighted by Crippen LogP contribution is 2.25. The van der Waals surface area contributed by atoms with Crippen molar-refractivity contribution in [3.63, 3.8) is 0 Å². The van der Waals surface area contributed by atoms with Crippen molar-refractivity contribution in [1.29, 1.82) is 0 Å². The second-order valence-corrected chi connectivity index (χ2v) is 7.21. The van der Waals surface area contributed by atoms with Gasteiger partial charge in [-0.3, -0.25) is 0 Å². The van der Waals surface area contributed by atoms with Crippen LogP contribution in [0.4, 0.5) is 0 Å². The molecule has 140 valence electrons. The molecule has 0 saturated heterocycles. The summed E-state index contributed by atoms with van der Waals surface area (Å²) < 4.78 is 0. The summed E-state index contributed by atoms with van der Waals surface area (Å²) in [5.41, 5.74) is 1.56. The van der Waals surface area contributed by atoms with Crippen LogP contribution in [0.25, 0.3) is 0 Å². The summed E-state index contributed by atoms with van der Waals surface area (Å²) in [5.74, 6) is -2.05. The third-order valence-corrected chi connectivity index (χ3v) is 4.52. The zero-order valence-corrected chi connectivity index (χ0v) is 15.8. The smallest absolute Gasteiger partial charge is 0.336 e. The number of rotatable bonds is 12. The lowest BCUT2D eigenvalue weighted by atomic mass is 9.88. The van der Waals surface area contributed by atoms with E-state index in [-0.39, 0.29) is 17.0 Å². The lowest BCUT2D eigenvalue weighted by Crippen LogP contribution is -2.15. The predicted octanol–water partition coefficient (Wildman–Crippen LogP) is 5.57. The van der Waals surface area contributed by atoms with Gasteiger partial charge < -0.3 is 10.2 Å². The lowest BCUT2D eigenvalue weighted by molar-refractivity contribution is 0.0650. The second kappa shape index (κ2) is 10.9. The highest BCUT2D eigenvalue weighted by Gasteiger charge is 2.23. The molecule has 2 N–H and O–H groups in total. The van der Waals surface area contributed by atoms with Crippen molar-refractivity contribution in [1.82, 2.24) is 0 Å². The Morgan fingerprint density at radius 3 is 2.04 bits per heavy atom. The van der Waals surface area contributed by atoms with Gasteiger partial charge >= 0.3 is 11.9 Å². The Morgan fingerprint density at radius 1 is 0.920 bits per heavy atom. The maximum Gasteiger partial charge on any atom is 0.336 e. The molecule has 0 fully saturated rings. The predicted molar refractivity (Wildman–Crippen MR) is 101 cm³/mol. The SMILES string of the molecule is CCCCCCCCCc1ccc(C(=O)O)c(C(=O)O)c1CC(C)C. The van der Waals surface area contributed by atoms with Gasteiger partial charge in [0.2, 0.25) is 0 Å². The van der Waals surface area contributed by atoms with E-state index in [4.69, 9.17) is 0 Å². The fourth-order valence-corrected chi connectivity index (χ4v) is 3.26. The zero-order valence-electron chi connectivity index (χ0n) is 15.8. The minimum atomic E-state index is -1.18. The first kappa shape index (κ1) is 21.2. The van der Waals surface area contributed by atoms with E-state index in [0.717, 1.165) is 24.8 Å². The Morgan fingerprint density at radius 2 is 1.52 bits per heavy atom. The summed E-state index contributed by atoms with van der Waals surface area (Å²) in [4.78, 5) is 23.1. The average Bonchev–Trinajstić information content (AvgIpc) is 2.53. The van der Waals surface area contributed by atoms with Gasteiger partial charge in [-0.1, -0.05) is 65.4 Å². The van der Waals surface area contributed by atoms with Gasteiger partial charge in [0, 0.05) is 0 Å². The normalized spacial score (nSPS) is 11.0. The summed E-state index contributed by atoms with van der Waals surface area (Å²) in [6, 6.07) is 3.26. The number of hydrogen-bond acceptors (Lipinski definition) is 2. The van der Waals surface area contributed by atoms with Crippen LogP contribution in [0.1, 0.15) is 97.6 Å². The summed E-state index contributed by atoms with van der Waals surface area (Å²) in [6.45, 7) is 6.25. The van der Waals surface area contributed by atoms with Crippen LogP contribution < -0.4 is 0 Å². The zero-order chi connectivity index (χ0) is 18.8.